The number of carbonyl (C=O) groups is 2. The van der Waals surface area contributed by atoms with Crippen molar-refractivity contribution >= 4 is 11.9 Å². The molecule has 0 spiro atoms. The predicted octanol–water partition coefficient (Wildman–Crippen LogP) is 2.17. The van der Waals surface area contributed by atoms with Gasteiger partial charge in [0.05, 0.1) is 17.6 Å². The minimum absolute atomic E-state index is 0.0795. The Bertz CT molecular complexity index is 629. The van der Waals surface area contributed by atoms with E-state index in [1.165, 1.54) is 18.2 Å². The van der Waals surface area contributed by atoms with Crippen LogP contribution in [0.15, 0.2) is 24.3 Å². The fourth-order valence-electron chi connectivity index (χ4n) is 2.72. The molecule has 1 aromatic rings. The number of para-hydroxylation sites is 1. The van der Waals surface area contributed by atoms with Crippen molar-refractivity contribution in [2.24, 2.45) is 5.41 Å². The molecule has 2 rings (SSSR count). The first-order valence-electron chi connectivity index (χ1n) is 8.03. The van der Waals surface area contributed by atoms with E-state index in [4.69, 9.17) is 9.47 Å². The topological polar surface area (TPSA) is 84.9 Å². The van der Waals surface area contributed by atoms with E-state index in [2.05, 4.69) is 5.32 Å². The molecule has 8 heteroatoms. The molecule has 0 aliphatic carbocycles. The molecule has 1 fully saturated rings. The van der Waals surface area contributed by atoms with E-state index < -0.39 is 28.8 Å². The Kier molecular flexibility index (Phi) is 5.94. The summed E-state index contributed by atoms with van der Waals surface area (Å²) >= 11 is 0. The van der Waals surface area contributed by atoms with Gasteiger partial charge in [-0.1, -0.05) is 12.1 Å². The van der Waals surface area contributed by atoms with Crippen LogP contribution in [0.1, 0.15) is 25.3 Å². The number of benzene rings is 1. The molecule has 0 radical (unpaired) electrons. The molecule has 1 amide bonds. The lowest BCUT2D eigenvalue weighted by Crippen LogP contribution is -2.49. The van der Waals surface area contributed by atoms with Gasteiger partial charge in [-0.2, -0.15) is 8.78 Å². The van der Waals surface area contributed by atoms with E-state index in [-0.39, 0.29) is 45.0 Å². The van der Waals surface area contributed by atoms with Gasteiger partial charge in [-0.25, -0.2) is 0 Å². The molecular formula is C17H21F2NO5. The van der Waals surface area contributed by atoms with Crippen LogP contribution in [0.3, 0.4) is 0 Å². The largest absolute Gasteiger partial charge is 0.493 e. The highest BCUT2D eigenvalue weighted by atomic mass is 19.3. The van der Waals surface area contributed by atoms with E-state index in [1.54, 1.807) is 6.92 Å². The lowest BCUT2D eigenvalue weighted by atomic mass is 9.80. The summed E-state index contributed by atoms with van der Waals surface area (Å²) in [4.78, 5) is 23.6. The Labute approximate surface area is 144 Å². The molecule has 0 bridgehead atoms. The molecule has 0 saturated carbocycles. The molecule has 138 valence electrons. The van der Waals surface area contributed by atoms with Crippen molar-refractivity contribution in [3.05, 3.63) is 29.8 Å². The van der Waals surface area contributed by atoms with Crippen LogP contribution in [0.4, 0.5) is 8.78 Å². The first-order valence-corrected chi connectivity index (χ1v) is 8.03. The van der Waals surface area contributed by atoms with E-state index >= 15 is 0 Å². The highest BCUT2D eigenvalue weighted by Gasteiger charge is 2.46. The average Bonchev–Trinajstić information content (AvgIpc) is 2.61. The summed E-state index contributed by atoms with van der Waals surface area (Å²) in [6, 6.07) is 5.39. The number of carboxylic acids is 1. The van der Waals surface area contributed by atoms with Crippen molar-refractivity contribution < 1.29 is 33.0 Å². The van der Waals surface area contributed by atoms with Crippen molar-refractivity contribution in [2.75, 3.05) is 26.4 Å². The maximum Gasteiger partial charge on any atom is 0.353 e. The van der Waals surface area contributed by atoms with Gasteiger partial charge >= 0.3 is 11.9 Å². The minimum atomic E-state index is -3.84. The highest BCUT2D eigenvalue weighted by molar-refractivity contribution is 5.86. The molecular weight excluding hydrogens is 336 g/mol. The van der Waals surface area contributed by atoms with Crippen molar-refractivity contribution in [1.82, 2.24) is 5.32 Å². The number of alkyl halides is 2. The second-order valence-electron chi connectivity index (χ2n) is 5.88. The third kappa shape index (κ3) is 4.07. The summed E-state index contributed by atoms with van der Waals surface area (Å²) in [6.45, 7) is 1.88. The Balaban J connectivity index is 2.15. The summed E-state index contributed by atoms with van der Waals surface area (Å²) in [5.74, 6) is -6.60. The molecule has 1 heterocycles. The van der Waals surface area contributed by atoms with E-state index in [1.807, 2.05) is 0 Å². The zero-order valence-corrected chi connectivity index (χ0v) is 13.9. The number of hydrogen-bond acceptors (Lipinski definition) is 4. The van der Waals surface area contributed by atoms with Crippen molar-refractivity contribution in [3.63, 3.8) is 0 Å². The first-order chi connectivity index (χ1) is 11.8. The number of nitrogens with one attached hydrogen (secondary N) is 1. The quantitative estimate of drug-likeness (QED) is 0.781. The number of carboxylic acid groups (broad SMARTS) is 1. The molecule has 6 nitrogen and oxygen atoms in total. The lowest BCUT2D eigenvalue weighted by Gasteiger charge is -2.33. The molecule has 1 saturated heterocycles. The zero-order chi connectivity index (χ0) is 18.5. The van der Waals surface area contributed by atoms with E-state index in [0.717, 1.165) is 6.07 Å². The van der Waals surface area contributed by atoms with Crippen LogP contribution in [0.5, 0.6) is 5.75 Å². The summed E-state index contributed by atoms with van der Waals surface area (Å²) in [5.41, 5.74) is -1.84. The number of aliphatic carboxylic acids is 1. The molecule has 2 N–H and O–H groups in total. The third-order valence-electron chi connectivity index (χ3n) is 4.30. The van der Waals surface area contributed by atoms with Gasteiger partial charge in [0.15, 0.2) is 0 Å². The monoisotopic (exact) mass is 357 g/mol. The van der Waals surface area contributed by atoms with Crippen LogP contribution in [-0.4, -0.2) is 43.3 Å². The maximum absolute atomic E-state index is 14.5. The number of carbonyl (C=O) groups excluding carboxylic acids is 1. The minimum Gasteiger partial charge on any atom is -0.493 e. The van der Waals surface area contributed by atoms with Gasteiger partial charge in [0, 0.05) is 19.8 Å². The van der Waals surface area contributed by atoms with Gasteiger partial charge in [0.1, 0.15) is 5.75 Å². The normalized spacial score (nSPS) is 16.9. The third-order valence-corrected chi connectivity index (χ3v) is 4.30. The smallest absolute Gasteiger partial charge is 0.353 e. The summed E-state index contributed by atoms with van der Waals surface area (Å²) in [7, 11) is 0. The first kappa shape index (κ1) is 19.1. The summed E-state index contributed by atoms with van der Waals surface area (Å²) in [5, 5.41) is 11.5. The Morgan fingerprint density at radius 3 is 2.56 bits per heavy atom. The number of hydrogen-bond donors (Lipinski definition) is 2. The predicted molar refractivity (Wildman–Crippen MR) is 84.6 cm³/mol. The second-order valence-corrected chi connectivity index (χ2v) is 5.88. The SMILES string of the molecule is CCOc1ccccc1C(F)(F)C(=O)NCC1(C(=O)O)CCOCC1. The Morgan fingerprint density at radius 2 is 1.96 bits per heavy atom. The Morgan fingerprint density at radius 1 is 1.32 bits per heavy atom. The summed E-state index contributed by atoms with van der Waals surface area (Å²) in [6.07, 6.45) is 0.313. The van der Waals surface area contributed by atoms with Crippen LogP contribution in [0.2, 0.25) is 0 Å². The van der Waals surface area contributed by atoms with Crippen LogP contribution >= 0.6 is 0 Å². The lowest BCUT2D eigenvalue weighted by molar-refractivity contribution is -0.157. The Hall–Kier alpha value is -2.22. The van der Waals surface area contributed by atoms with Gasteiger partial charge in [-0.05, 0) is 31.9 Å². The highest BCUT2D eigenvalue weighted by Crippen LogP contribution is 2.36. The molecule has 1 aliphatic heterocycles. The van der Waals surface area contributed by atoms with Gasteiger partial charge < -0.3 is 19.9 Å². The number of ether oxygens (including phenoxy) is 2. The fourth-order valence-corrected chi connectivity index (χ4v) is 2.72. The van der Waals surface area contributed by atoms with Gasteiger partial charge in [-0.15, -0.1) is 0 Å². The molecule has 0 unspecified atom stereocenters. The average molecular weight is 357 g/mol. The number of amides is 1. The number of rotatable bonds is 7. The molecule has 0 aromatic heterocycles. The molecule has 25 heavy (non-hydrogen) atoms. The molecule has 1 aromatic carbocycles. The van der Waals surface area contributed by atoms with Crippen LogP contribution in [0.25, 0.3) is 0 Å². The van der Waals surface area contributed by atoms with Crippen LogP contribution < -0.4 is 10.1 Å². The van der Waals surface area contributed by atoms with E-state index in [9.17, 15) is 23.5 Å². The molecule has 0 atom stereocenters. The standard InChI is InChI=1S/C17H21F2NO5/c1-2-25-13-6-4-3-5-12(13)17(18,19)14(21)20-11-16(15(22)23)7-9-24-10-8-16/h3-6H,2,7-11H2,1H3,(H,20,21)(H,22,23). The number of halogens is 2. The van der Waals surface area contributed by atoms with Crippen LogP contribution in [-0.2, 0) is 20.2 Å². The second kappa shape index (κ2) is 7.77. The van der Waals surface area contributed by atoms with Gasteiger partial charge in [-0.3, -0.25) is 9.59 Å². The fraction of sp³-hybridized carbons (Fsp3) is 0.529. The zero-order valence-electron chi connectivity index (χ0n) is 13.9. The van der Waals surface area contributed by atoms with Gasteiger partial charge in [0.25, 0.3) is 5.91 Å². The van der Waals surface area contributed by atoms with Crippen molar-refractivity contribution in [3.8, 4) is 5.75 Å². The van der Waals surface area contributed by atoms with Gasteiger partial charge in [0.2, 0.25) is 0 Å². The summed E-state index contributed by atoms with van der Waals surface area (Å²) < 4.78 is 39.4. The maximum atomic E-state index is 14.5. The van der Waals surface area contributed by atoms with E-state index in [0.29, 0.717) is 0 Å². The molecule has 1 aliphatic rings. The van der Waals surface area contributed by atoms with Crippen molar-refractivity contribution in [2.45, 2.75) is 25.7 Å². The van der Waals surface area contributed by atoms with Crippen LogP contribution in [0, 0.1) is 5.41 Å². The van der Waals surface area contributed by atoms with Crippen molar-refractivity contribution in [1.29, 1.82) is 0 Å².